The molecular formula is C18H22F3N3O3. The first kappa shape index (κ1) is 20.7. The Morgan fingerprint density at radius 3 is 2.41 bits per heavy atom. The van der Waals surface area contributed by atoms with Gasteiger partial charge in [0, 0.05) is 23.6 Å². The number of fused-ring (bicyclic) bond motifs is 1. The summed E-state index contributed by atoms with van der Waals surface area (Å²) in [6.07, 6.45) is -4.50. The van der Waals surface area contributed by atoms with Gasteiger partial charge in [0.1, 0.15) is 0 Å². The third kappa shape index (κ3) is 4.78. The Labute approximate surface area is 154 Å². The van der Waals surface area contributed by atoms with Crippen molar-refractivity contribution >= 4 is 22.9 Å². The Hall–Kier alpha value is -2.58. The molecule has 27 heavy (non-hydrogen) atoms. The van der Waals surface area contributed by atoms with Gasteiger partial charge in [-0.1, -0.05) is 0 Å². The number of rotatable bonds is 6. The van der Waals surface area contributed by atoms with Crippen molar-refractivity contribution in [1.82, 2.24) is 14.9 Å². The molecule has 0 aliphatic carbocycles. The smallest absolute Gasteiger partial charge is 0.449 e. The zero-order valence-corrected chi connectivity index (χ0v) is 15.5. The lowest BCUT2D eigenvalue weighted by atomic mass is 9.97. The van der Waals surface area contributed by atoms with Gasteiger partial charge in [0.05, 0.1) is 11.0 Å². The first-order valence-corrected chi connectivity index (χ1v) is 8.45. The molecule has 2 N–H and O–H groups in total. The molecule has 0 atom stereocenters. The number of alkyl halides is 3. The minimum atomic E-state index is -4.61. The fourth-order valence-corrected chi connectivity index (χ4v) is 2.82. The van der Waals surface area contributed by atoms with E-state index in [1.807, 2.05) is 0 Å². The Kier molecular flexibility index (Phi) is 5.53. The molecule has 0 radical (unpaired) electrons. The summed E-state index contributed by atoms with van der Waals surface area (Å²) in [5.74, 6) is -2.48. The Morgan fingerprint density at radius 1 is 1.26 bits per heavy atom. The van der Waals surface area contributed by atoms with E-state index in [1.165, 1.54) is 18.2 Å². The van der Waals surface area contributed by atoms with Gasteiger partial charge in [0.2, 0.25) is 5.82 Å². The third-order valence-electron chi connectivity index (χ3n) is 4.14. The van der Waals surface area contributed by atoms with E-state index >= 15 is 0 Å². The van der Waals surface area contributed by atoms with E-state index < -0.39 is 35.5 Å². The lowest BCUT2D eigenvalue weighted by Gasteiger charge is -2.25. The normalized spacial score (nSPS) is 12.6. The van der Waals surface area contributed by atoms with Crippen molar-refractivity contribution in [2.24, 2.45) is 0 Å². The summed E-state index contributed by atoms with van der Waals surface area (Å²) < 4.78 is 40.9. The molecule has 1 aromatic carbocycles. The first-order chi connectivity index (χ1) is 12.3. The van der Waals surface area contributed by atoms with Crippen molar-refractivity contribution in [2.45, 2.75) is 58.3 Å². The maximum absolute atomic E-state index is 13.3. The van der Waals surface area contributed by atoms with Crippen LogP contribution in [0.25, 0.3) is 11.0 Å². The predicted octanol–water partition coefficient (Wildman–Crippen LogP) is 4.01. The summed E-state index contributed by atoms with van der Waals surface area (Å²) in [5, 5.41) is 11.5. The number of hydrogen-bond acceptors (Lipinski definition) is 3. The number of carboxylic acid groups (broad SMARTS) is 1. The maximum atomic E-state index is 13.3. The van der Waals surface area contributed by atoms with E-state index in [9.17, 15) is 22.8 Å². The van der Waals surface area contributed by atoms with Gasteiger partial charge in [0.15, 0.2) is 0 Å². The zero-order valence-electron chi connectivity index (χ0n) is 15.5. The lowest BCUT2D eigenvalue weighted by Crippen LogP contribution is -2.43. The molecule has 0 unspecified atom stereocenters. The van der Waals surface area contributed by atoms with Crippen molar-refractivity contribution in [3.05, 3.63) is 29.6 Å². The number of carbonyl (C=O) groups excluding carboxylic acids is 1. The SMILES string of the molecule is CC(C)n1c(C(F)(F)F)nc2cc(C(=O)NC(C)(C)CCC(=O)O)ccc21. The Morgan fingerprint density at radius 2 is 1.89 bits per heavy atom. The second kappa shape index (κ2) is 7.21. The van der Waals surface area contributed by atoms with Crippen LogP contribution >= 0.6 is 0 Å². The van der Waals surface area contributed by atoms with Gasteiger partial charge in [-0.3, -0.25) is 9.59 Å². The number of halogens is 3. The van der Waals surface area contributed by atoms with Crippen LogP contribution in [-0.4, -0.2) is 32.1 Å². The molecule has 0 spiro atoms. The van der Waals surface area contributed by atoms with E-state index in [4.69, 9.17) is 5.11 Å². The molecule has 2 aromatic rings. The monoisotopic (exact) mass is 385 g/mol. The molecule has 1 aromatic heterocycles. The van der Waals surface area contributed by atoms with Crippen molar-refractivity contribution in [3.63, 3.8) is 0 Å². The van der Waals surface area contributed by atoms with Crippen LogP contribution in [0.5, 0.6) is 0 Å². The molecule has 2 rings (SSSR count). The van der Waals surface area contributed by atoms with Gasteiger partial charge in [-0.25, -0.2) is 4.98 Å². The molecular weight excluding hydrogens is 363 g/mol. The van der Waals surface area contributed by atoms with Gasteiger partial charge in [0.25, 0.3) is 5.91 Å². The summed E-state index contributed by atoms with van der Waals surface area (Å²) >= 11 is 0. The van der Waals surface area contributed by atoms with Gasteiger partial charge >= 0.3 is 12.1 Å². The minimum Gasteiger partial charge on any atom is -0.481 e. The highest BCUT2D eigenvalue weighted by Crippen LogP contribution is 2.34. The van der Waals surface area contributed by atoms with Gasteiger partial charge in [-0.05, 0) is 52.3 Å². The summed E-state index contributed by atoms with van der Waals surface area (Å²) in [6.45, 7) is 6.62. The molecule has 148 valence electrons. The average molecular weight is 385 g/mol. The zero-order chi connectivity index (χ0) is 20.6. The largest absolute Gasteiger partial charge is 0.481 e. The van der Waals surface area contributed by atoms with E-state index in [0.29, 0.717) is 5.52 Å². The number of imidazole rings is 1. The topological polar surface area (TPSA) is 84.2 Å². The van der Waals surface area contributed by atoms with E-state index in [1.54, 1.807) is 27.7 Å². The van der Waals surface area contributed by atoms with E-state index in [-0.39, 0.29) is 23.9 Å². The fraction of sp³-hybridized carbons (Fsp3) is 0.500. The van der Waals surface area contributed by atoms with Crippen molar-refractivity contribution < 1.29 is 27.9 Å². The number of nitrogens with zero attached hydrogens (tertiary/aromatic N) is 2. The number of aromatic nitrogens is 2. The quantitative estimate of drug-likeness (QED) is 0.787. The molecule has 1 amide bonds. The Bertz CT molecular complexity index is 870. The average Bonchev–Trinajstić information content (AvgIpc) is 2.91. The van der Waals surface area contributed by atoms with Crippen molar-refractivity contribution in [3.8, 4) is 0 Å². The molecule has 0 aliphatic heterocycles. The van der Waals surface area contributed by atoms with Crippen LogP contribution in [0.3, 0.4) is 0 Å². The number of hydrogen-bond donors (Lipinski definition) is 2. The second-order valence-electron chi connectivity index (χ2n) is 7.33. The fourth-order valence-electron chi connectivity index (χ4n) is 2.82. The number of aliphatic carboxylic acids is 1. The molecule has 0 saturated carbocycles. The van der Waals surface area contributed by atoms with Gasteiger partial charge in [-0.15, -0.1) is 0 Å². The van der Waals surface area contributed by atoms with Crippen LogP contribution in [0.4, 0.5) is 13.2 Å². The van der Waals surface area contributed by atoms with Crippen LogP contribution < -0.4 is 5.32 Å². The van der Waals surface area contributed by atoms with Crippen LogP contribution in [0, 0.1) is 0 Å². The molecule has 1 heterocycles. The number of carbonyl (C=O) groups is 2. The predicted molar refractivity (Wildman–Crippen MR) is 93.5 cm³/mol. The summed E-state index contributed by atoms with van der Waals surface area (Å²) in [4.78, 5) is 26.8. The van der Waals surface area contributed by atoms with Gasteiger partial charge < -0.3 is 15.0 Å². The molecule has 0 saturated heterocycles. The summed E-state index contributed by atoms with van der Waals surface area (Å²) in [7, 11) is 0. The molecule has 0 fully saturated rings. The standard InChI is InChI=1S/C18H22F3N3O3/c1-10(2)24-13-6-5-11(9-12(13)22-16(24)18(19,20)21)15(27)23-17(3,4)8-7-14(25)26/h5-6,9-10H,7-8H2,1-4H3,(H,23,27)(H,25,26). The molecule has 0 bridgehead atoms. The number of nitrogens with one attached hydrogen (secondary N) is 1. The highest BCUT2D eigenvalue weighted by Gasteiger charge is 2.38. The van der Waals surface area contributed by atoms with E-state index in [2.05, 4.69) is 10.3 Å². The first-order valence-electron chi connectivity index (χ1n) is 8.45. The number of carboxylic acids is 1. The van der Waals surface area contributed by atoms with Crippen molar-refractivity contribution in [2.75, 3.05) is 0 Å². The van der Waals surface area contributed by atoms with Gasteiger partial charge in [-0.2, -0.15) is 13.2 Å². The molecule has 6 nitrogen and oxygen atoms in total. The van der Waals surface area contributed by atoms with Crippen molar-refractivity contribution in [1.29, 1.82) is 0 Å². The highest BCUT2D eigenvalue weighted by atomic mass is 19.4. The summed E-state index contributed by atoms with van der Waals surface area (Å²) in [6, 6.07) is 3.73. The second-order valence-corrected chi connectivity index (χ2v) is 7.33. The van der Waals surface area contributed by atoms with E-state index in [0.717, 1.165) is 4.57 Å². The molecule has 9 heteroatoms. The number of benzene rings is 1. The maximum Gasteiger partial charge on any atom is 0.449 e. The highest BCUT2D eigenvalue weighted by molar-refractivity contribution is 5.97. The number of amides is 1. The van der Waals surface area contributed by atoms with Crippen LogP contribution in [0.15, 0.2) is 18.2 Å². The lowest BCUT2D eigenvalue weighted by molar-refractivity contribution is -0.147. The van der Waals surface area contributed by atoms with Crippen LogP contribution in [-0.2, 0) is 11.0 Å². The van der Waals surface area contributed by atoms with Crippen LogP contribution in [0.2, 0.25) is 0 Å². The third-order valence-corrected chi connectivity index (χ3v) is 4.14. The summed E-state index contributed by atoms with van der Waals surface area (Å²) in [5.41, 5.74) is -0.252. The molecule has 0 aliphatic rings. The Balaban J connectivity index is 2.36. The van der Waals surface area contributed by atoms with Crippen LogP contribution in [0.1, 0.15) is 62.8 Å². The minimum absolute atomic E-state index is 0.0759.